The summed E-state index contributed by atoms with van der Waals surface area (Å²) in [4.78, 5) is 4.13. The SMILES string of the molecule is [2H]C([2H])(NCc1cccc(-c2ccc3ncnn3c2)c1)C([2H])(O)c1ccc(Cl)c(Cl)c1. The third-order valence-electron chi connectivity index (χ3n) is 4.23. The van der Waals surface area contributed by atoms with Crippen LogP contribution in [0.1, 0.15) is 21.3 Å². The van der Waals surface area contributed by atoms with E-state index in [1.165, 1.54) is 24.5 Å². The lowest BCUT2D eigenvalue weighted by molar-refractivity contribution is 0.174. The third kappa shape index (κ3) is 4.18. The molecule has 4 rings (SSSR count). The summed E-state index contributed by atoms with van der Waals surface area (Å²) in [5.41, 5.74) is 3.37. The molecule has 1 atom stereocenters. The second kappa shape index (κ2) is 8.29. The van der Waals surface area contributed by atoms with Crippen LogP contribution in [0.15, 0.2) is 67.1 Å². The molecule has 142 valence electrons. The first-order chi connectivity index (χ1) is 14.7. The minimum atomic E-state index is -2.59. The van der Waals surface area contributed by atoms with Crippen LogP contribution in [0.5, 0.6) is 0 Å². The van der Waals surface area contributed by atoms with Crippen molar-refractivity contribution in [1.29, 1.82) is 0 Å². The highest BCUT2D eigenvalue weighted by Gasteiger charge is 2.09. The van der Waals surface area contributed by atoms with Gasteiger partial charge in [-0.25, -0.2) is 9.50 Å². The summed E-state index contributed by atoms with van der Waals surface area (Å²) >= 11 is 11.9. The second-order valence-corrected chi connectivity index (χ2v) is 6.95. The minimum absolute atomic E-state index is 0.00529. The first-order valence-corrected chi connectivity index (χ1v) is 9.25. The lowest BCUT2D eigenvalue weighted by atomic mass is 10.0. The van der Waals surface area contributed by atoms with Crippen molar-refractivity contribution in [3.8, 4) is 11.1 Å². The van der Waals surface area contributed by atoms with Crippen molar-refractivity contribution in [2.75, 3.05) is 6.50 Å². The Morgan fingerprint density at radius 2 is 2.00 bits per heavy atom. The van der Waals surface area contributed by atoms with Crippen molar-refractivity contribution in [3.05, 3.63) is 88.3 Å². The molecule has 0 saturated heterocycles. The maximum Gasteiger partial charge on any atom is 0.155 e. The maximum atomic E-state index is 10.6. The Balaban J connectivity index is 1.54. The van der Waals surface area contributed by atoms with E-state index in [0.717, 1.165) is 22.3 Å². The van der Waals surface area contributed by atoms with Crippen molar-refractivity contribution in [2.24, 2.45) is 0 Å². The number of nitrogens with one attached hydrogen (secondary N) is 1. The zero-order valence-electron chi connectivity index (χ0n) is 17.6. The van der Waals surface area contributed by atoms with Crippen LogP contribution in [0.2, 0.25) is 10.0 Å². The molecule has 0 amide bonds. The molecule has 28 heavy (non-hydrogen) atoms. The molecule has 0 saturated carbocycles. The van der Waals surface area contributed by atoms with Crippen LogP contribution in [0.25, 0.3) is 16.8 Å². The molecule has 0 spiro atoms. The van der Waals surface area contributed by atoms with Crippen LogP contribution in [0, 0.1) is 0 Å². The van der Waals surface area contributed by atoms with Gasteiger partial charge in [0, 0.05) is 27.5 Å². The summed E-state index contributed by atoms with van der Waals surface area (Å²) in [7, 11) is 0. The fourth-order valence-corrected chi connectivity index (χ4v) is 3.09. The number of aliphatic hydroxyl groups is 1. The van der Waals surface area contributed by atoms with E-state index < -0.39 is 12.6 Å². The quantitative estimate of drug-likeness (QED) is 0.485. The van der Waals surface area contributed by atoms with Crippen LogP contribution in [-0.4, -0.2) is 26.2 Å². The predicted octanol–water partition coefficient (Wildman–Crippen LogP) is 4.53. The molecular formula is C21H18Cl2N4O. The number of hydrogen-bond acceptors (Lipinski definition) is 4. The smallest absolute Gasteiger partial charge is 0.155 e. The van der Waals surface area contributed by atoms with E-state index in [4.69, 9.17) is 27.3 Å². The first kappa shape index (κ1) is 15.5. The highest BCUT2D eigenvalue weighted by atomic mass is 35.5. The summed E-state index contributed by atoms with van der Waals surface area (Å²) in [6.07, 6.45) is 0.759. The molecular weight excluding hydrogens is 395 g/mol. The van der Waals surface area contributed by atoms with Gasteiger partial charge in [0.25, 0.3) is 0 Å². The van der Waals surface area contributed by atoms with E-state index in [1.54, 1.807) is 4.52 Å². The van der Waals surface area contributed by atoms with E-state index >= 15 is 0 Å². The first-order valence-electron chi connectivity index (χ1n) is 9.99. The number of fused-ring (bicyclic) bond motifs is 1. The van der Waals surface area contributed by atoms with Gasteiger partial charge in [0.15, 0.2) is 5.65 Å². The summed E-state index contributed by atoms with van der Waals surface area (Å²) in [5.74, 6) is 0. The van der Waals surface area contributed by atoms with Gasteiger partial charge in [-0.3, -0.25) is 0 Å². The van der Waals surface area contributed by atoms with Crippen LogP contribution in [-0.2, 0) is 6.54 Å². The van der Waals surface area contributed by atoms with Crippen LogP contribution >= 0.6 is 23.2 Å². The molecule has 2 N–H and O–H groups in total. The summed E-state index contributed by atoms with van der Waals surface area (Å²) in [6.45, 7) is -2.38. The number of aromatic nitrogens is 3. The van der Waals surface area contributed by atoms with Crippen molar-refractivity contribution in [2.45, 2.75) is 12.6 Å². The fourth-order valence-electron chi connectivity index (χ4n) is 2.79. The van der Waals surface area contributed by atoms with E-state index in [9.17, 15) is 5.11 Å². The van der Waals surface area contributed by atoms with Crippen molar-refractivity contribution in [1.82, 2.24) is 19.9 Å². The molecule has 0 aliphatic heterocycles. The van der Waals surface area contributed by atoms with Gasteiger partial charge in [-0.1, -0.05) is 47.5 Å². The predicted molar refractivity (Wildman–Crippen MR) is 112 cm³/mol. The van der Waals surface area contributed by atoms with Crippen LogP contribution in [0.4, 0.5) is 0 Å². The molecule has 0 radical (unpaired) electrons. The maximum absolute atomic E-state index is 10.6. The van der Waals surface area contributed by atoms with Gasteiger partial charge in [-0.15, -0.1) is 0 Å². The summed E-state index contributed by atoms with van der Waals surface area (Å²) < 4.78 is 26.4. The van der Waals surface area contributed by atoms with Crippen molar-refractivity contribution in [3.63, 3.8) is 0 Å². The Hall–Kier alpha value is -2.44. The average molecular weight is 416 g/mol. The van der Waals surface area contributed by atoms with Crippen molar-refractivity contribution >= 4 is 28.8 Å². The molecule has 0 fully saturated rings. The average Bonchev–Trinajstić information content (AvgIpc) is 3.22. The number of pyridine rings is 1. The summed E-state index contributed by atoms with van der Waals surface area (Å²) in [6, 6.07) is 15.4. The topological polar surface area (TPSA) is 62.5 Å². The van der Waals surface area contributed by atoms with E-state index in [-0.39, 0.29) is 22.2 Å². The van der Waals surface area contributed by atoms with Gasteiger partial charge < -0.3 is 10.4 Å². The molecule has 2 aromatic carbocycles. The normalized spacial score (nSPS) is 15.6. The lowest BCUT2D eigenvalue weighted by Gasteiger charge is -2.13. The number of halogens is 2. The molecule has 2 heterocycles. The summed E-state index contributed by atoms with van der Waals surface area (Å²) in [5, 5.41) is 17.8. The largest absolute Gasteiger partial charge is 0.387 e. The standard InChI is InChI=1S/C21H18Cl2N4O/c22-18-6-4-16(9-19(18)23)20(28)11-24-10-14-2-1-3-15(8-14)17-5-7-21-25-13-26-27(21)12-17/h1-9,12-13,20,24,28H,10-11H2/i11D2,20D. The molecule has 0 aliphatic carbocycles. The molecule has 7 heteroatoms. The highest BCUT2D eigenvalue weighted by Crippen LogP contribution is 2.25. The Morgan fingerprint density at radius 3 is 2.86 bits per heavy atom. The molecule has 2 aromatic heterocycles. The molecule has 1 unspecified atom stereocenters. The second-order valence-electron chi connectivity index (χ2n) is 6.14. The number of hydrogen-bond donors (Lipinski definition) is 2. The Bertz CT molecular complexity index is 1250. The van der Waals surface area contributed by atoms with Crippen LogP contribution in [0.3, 0.4) is 0 Å². The van der Waals surface area contributed by atoms with Gasteiger partial charge in [0.1, 0.15) is 6.33 Å². The number of nitrogens with zero attached hydrogens (tertiary/aromatic N) is 3. The lowest BCUT2D eigenvalue weighted by Crippen LogP contribution is -2.21. The Morgan fingerprint density at radius 1 is 1.11 bits per heavy atom. The fraction of sp³-hybridized carbons (Fsp3) is 0.143. The number of benzene rings is 2. The van der Waals surface area contributed by atoms with Gasteiger partial charge in [-0.2, -0.15) is 5.10 Å². The van der Waals surface area contributed by atoms with Crippen LogP contribution < -0.4 is 5.32 Å². The van der Waals surface area contributed by atoms with E-state index in [1.807, 2.05) is 42.6 Å². The Kier molecular flexibility index (Phi) is 4.58. The zero-order valence-corrected chi connectivity index (χ0v) is 16.1. The van der Waals surface area contributed by atoms with Gasteiger partial charge in [0.2, 0.25) is 0 Å². The van der Waals surface area contributed by atoms with Gasteiger partial charge in [0.05, 0.1) is 17.5 Å². The zero-order chi connectivity index (χ0) is 22.2. The third-order valence-corrected chi connectivity index (χ3v) is 4.97. The highest BCUT2D eigenvalue weighted by molar-refractivity contribution is 6.42. The number of rotatable bonds is 6. The molecule has 0 aliphatic rings. The van der Waals surface area contributed by atoms with Gasteiger partial charge in [-0.05, 0) is 47.0 Å². The molecule has 5 nitrogen and oxygen atoms in total. The van der Waals surface area contributed by atoms with E-state index in [2.05, 4.69) is 15.4 Å². The monoisotopic (exact) mass is 415 g/mol. The molecule has 0 bridgehead atoms. The van der Waals surface area contributed by atoms with Crippen molar-refractivity contribution < 1.29 is 9.22 Å². The Labute approximate surface area is 176 Å². The van der Waals surface area contributed by atoms with Gasteiger partial charge >= 0.3 is 0 Å². The minimum Gasteiger partial charge on any atom is -0.387 e. The van der Waals surface area contributed by atoms with E-state index in [0.29, 0.717) is 0 Å². The molecule has 4 aromatic rings.